The lowest BCUT2D eigenvalue weighted by Crippen LogP contribution is -2.60. The maximum atomic E-state index is 12.2. The van der Waals surface area contributed by atoms with E-state index >= 15 is 0 Å². The molecule has 2 aliphatic heterocycles. The second-order valence-electron chi connectivity index (χ2n) is 5.29. The van der Waals surface area contributed by atoms with Gasteiger partial charge in [-0.2, -0.15) is 0 Å². The number of phenolic OH excluding ortho intramolecular Hbond substituents is 1. The smallest absolute Gasteiger partial charge is 0.249 e. The largest absolute Gasteiger partial charge is 0.508 e. The molecule has 2 saturated heterocycles. The zero-order chi connectivity index (χ0) is 13.3. The van der Waals surface area contributed by atoms with Gasteiger partial charge in [-0.25, -0.2) is 0 Å². The number of carbonyl (C=O) groups is 1. The highest BCUT2D eigenvalue weighted by Crippen LogP contribution is 2.29. The molecule has 102 valence electrons. The van der Waals surface area contributed by atoms with Gasteiger partial charge in [0.2, 0.25) is 5.91 Å². The number of benzene rings is 1. The predicted molar refractivity (Wildman–Crippen MR) is 69.7 cm³/mol. The van der Waals surface area contributed by atoms with E-state index in [0.29, 0.717) is 13.2 Å². The molecular weight excluding hydrogens is 244 g/mol. The van der Waals surface area contributed by atoms with Gasteiger partial charge in [-0.3, -0.25) is 4.79 Å². The fraction of sp³-hybridized carbons (Fsp3) is 0.500. The first kappa shape index (κ1) is 12.4. The van der Waals surface area contributed by atoms with E-state index in [4.69, 9.17) is 4.74 Å². The zero-order valence-electron chi connectivity index (χ0n) is 10.8. The number of morpholine rings is 1. The number of nitrogens with zero attached hydrogens (tertiary/aromatic N) is 1. The van der Waals surface area contributed by atoms with E-state index in [1.54, 1.807) is 12.1 Å². The van der Waals surface area contributed by atoms with Gasteiger partial charge in [-0.1, -0.05) is 12.1 Å². The van der Waals surface area contributed by atoms with Gasteiger partial charge in [0.1, 0.15) is 12.4 Å². The number of hydrogen-bond acceptors (Lipinski definition) is 4. The number of carbonyl (C=O) groups excluding carboxylic acids is 1. The lowest BCUT2D eigenvalue weighted by Gasteiger charge is -2.44. The van der Waals surface area contributed by atoms with E-state index in [9.17, 15) is 9.90 Å². The Kier molecular flexibility index (Phi) is 3.16. The quantitative estimate of drug-likeness (QED) is 0.814. The molecule has 2 N–H and O–H groups in total. The Morgan fingerprint density at radius 2 is 2.16 bits per heavy atom. The van der Waals surface area contributed by atoms with E-state index in [1.807, 2.05) is 17.0 Å². The van der Waals surface area contributed by atoms with E-state index in [1.165, 1.54) is 0 Å². The third-order valence-electron chi connectivity index (χ3n) is 3.97. The Bertz CT molecular complexity index is 466. The Hall–Kier alpha value is -1.59. The summed E-state index contributed by atoms with van der Waals surface area (Å²) in [5, 5.41) is 12.6. The minimum Gasteiger partial charge on any atom is -0.508 e. The highest BCUT2D eigenvalue weighted by Gasteiger charge is 2.45. The van der Waals surface area contributed by atoms with Crippen LogP contribution in [-0.4, -0.2) is 47.8 Å². The molecule has 0 aliphatic carbocycles. The molecule has 1 aromatic rings. The lowest BCUT2D eigenvalue weighted by atomic mass is 9.94. The van der Waals surface area contributed by atoms with E-state index in [2.05, 4.69) is 5.32 Å². The molecule has 5 heteroatoms. The summed E-state index contributed by atoms with van der Waals surface area (Å²) in [7, 11) is 0. The minimum atomic E-state index is -0.201. The zero-order valence-corrected chi connectivity index (χ0v) is 10.8. The van der Waals surface area contributed by atoms with E-state index in [-0.39, 0.29) is 23.8 Å². The van der Waals surface area contributed by atoms with Crippen LogP contribution in [0, 0.1) is 0 Å². The Morgan fingerprint density at radius 3 is 2.84 bits per heavy atom. The van der Waals surface area contributed by atoms with E-state index in [0.717, 1.165) is 25.1 Å². The number of hydrogen-bond donors (Lipinski definition) is 2. The van der Waals surface area contributed by atoms with Crippen LogP contribution in [0.1, 0.15) is 12.0 Å². The molecule has 2 aliphatic rings. The third-order valence-corrected chi connectivity index (χ3v) is 3.97. The van der Waals surface area contributed by atoms with Crippen LogP contribution >= 0.6 is 0 Å². The van der Waals surface area contributed by atoms with Gasteiger partial charge >= 0.3 is 0 Å². The van der Waals surface area contributed by atoms with Crippen molar-refractivity contribution in [3.63, 3.8) is 0 Å². The summed E-state index contributed by atoms with van der Waals surface area (Å²) in [5.74, 6) is 0.289. The molecular formula is C14H18N2O3. The molecule has 2 heterocycles. The summed E-state index contributed by atoms with van der Waals surface area (Å²) in [6, 6.07) is 7.02. The van der Waals surface area contributed by atoms with Gasteiger partial charge < -0.3 is 20.1 Å². The second-order valence-corrected chi connectivity index (χ2v) is 5.29. The van der Waals surface area contributed by atoms with Gasteiger partial charge in [0.25, 0.3) is 0 Å². The van der Waals surface area contributed by atoms with Crippen molar-refractivity contribution in [1.29, 1.82) is 0 Å². The van der Waals surface area contributed by atoms with Crippen molar-refractivity contribution in [2.24, 2.45) is 0 Å². The maximum Gasteiger partial charge on any atom is 0.249 e. The number of nitrogens with one attached hydrogen (secondary N) is 1. The van der Waals surface area contributed by atoms with Gasteiger partial charge in [0, 0.05) is 13.1 Å². The molecule has 19 heavy (non-hydrogen) atoms. The molecule has 0 bridgehead atoms. The molecule has 3 rings (SSSR count). The summed E-state index contributed by atoms with van der Waals surface area (Å²) in [4.78, 5) is 14.1. The lowest BCUT2D eigenvalue weighted by molar-refractivity contribution is -0.157. The third kappa shape index (κ3) is 2.31. The molecule has 2 fully saturated rings. The van der Waals surface area contributed by atoms with Crippen LogP contribution in [0.2, 0.25) is 0 Å². The van der Waals surface area contributed by atoms with Gasteiger partial charge in [-0.15, -0.1) is 0 Å². The summed E-state index contributed by atoms with van der Waals surface area (Å²) >= 11 is 0. The Labute approximate surface area is 112 Å². The fourth-order valence-corrected chi connectivity index (χ4v) is 2.87. The molecule has 1 amide bonds. The summed E-state index contributed by atoms with van der Waals surface area (Å²) in [5.41, 5.74) is 0.826. The van der Waals surface area contributed by atoms with Crippen LogP contribution in [-0.2, 0) is 16.1 Å². The second kappa shape index (κ2) is 4.83. The summed E-state index contributed by atoms with van der Waals surface area (Å²) in [6.07, 6.45) is 0.927. The number of rotatable bonds is 2. The molecule has 1 spiro atoms. The van der Waals surface area contributed by atoms with Crippen LogP contribution < -0.4 is 5.32 Å². The average Bonchev–Trinajstić information content (AvgIpc) is 2.86. The monoisotopic (exact) mass is 262 g/mol. The minimum absolute atomic E-state index is 0.0445. The van der Waals surface area contributed by atoms with Crippen LogP contribution in [0.4, 0.5) is 0 Å². The van der Waals surface area contributed by atoms with Gasteiger partial charge in [0.05, 0.1) is 12.1 Å². The highest BCUT2D eigenvalue weighted by molar-refractivity contribution is 5.79. The first-order valence-corrected chi connectivity index (χ1v) is 6.56. The Balaban J connectivity index is 1.83. The van der Waals surface area contributed by atoms with Crippen molar-refractivity contribution in [2.75, 3.05) is 26.3 Å². The van der Waals surface area contributed by atoms with Crippen molar-refractivity contribution in [2.45, 2.75) is 18.5 Å². The molecule has 0 aromatic heterocycles. The van der Waals surface area contributed by atoms with Crippen molar-refractivity contribution in [3.05, 3.63) is 29.8 Å². The standard InChI is InChI=1S/C14H18N2O3/c17-12-3-1-11(2-4-12)7-16-13(18)8-19-10-14(16)5-6-15-9-14/h1-4,15,17H,5-10H2. The normalized spacial score (nSPS) is 27.2. The van der Waals surface area contributed by atoms with Crippen LogP contribution in [0.25, 0.3) is 0 Å². The molecule has 1 aromatic carbocycles. The molecule has 0 saturated carbocycles. The molecule has 1 atom stereocenters. The van der Waals surface area contributed by atoms with Gasteiger partial charge in [-0.05, 0) is 30.7 Å². The number of aromatic hydroxyl groups is 1. The van der Waals surface area contributed by atoms with Crippen molar-refractivity contribution < 1.29 is 14.6 Å². The average molecular weight is 262 g/mol. The number of amides is 1. The van der Waals surface area contributed by atoms with Crippen molar-refractivity contribution in [1.82, 2.24) is 10.2 Å². The predicted octanol–water partition coefficient (Wildman–Crippen LogP) is 0.483. The first-order valence-electron chi connectivity index (χ1n) is 6.56. The summed E-state index contributed by atoms with van der Waals surface area (Å²) in [6.45, 7) is 3.05. The molecule has 0 radical (unpaired) electrons. The maximum absolute atomic E-state index is 12.2. The van der Waals surface area contributed by atoms with Gasteiger partial charge in [0.15, 0.2) is 0 Å². The topological polar surface area (TPSA) is 61.8 Å². The van der Waals surface area contributed by atoms with E-state index < -0.39 is 0 Å². The van der Waals surface area contributed by atoms with Crippen LogP contribution in [0.5, 0.6) is 5.75 Å². The first-order chi connectivity index (χ1) is 9.20. The Morgan fingerprint density at radius 1 is 1.37 bits per heavy atom. The number of phenols is 1. The van der Waals surface area contributed by atoms with Crippen LogP contribution in [0.3, 0.4) is 0 Å². The number of ether oxygens (including phenoxy) is 1. The highest BCUT2D eigenvalue weighted by atomic mass is 16.5. The molecule has 5 nitrogen and oxygen atoms in total. The van der Waals surface area contributed by atoms with Crippen molar-refractivity contribution in [3.8, 4) is 5.75 Å². The van der Waals surface area contributed by atoms with Crippen molar-refractivity contribution >= 4 is 5.91 Å². The van der Waals surface area contributed by atoms with Crippen LogP contribution in [0.15, 0.2) is 24.3 Å². The summed E-state index contributed by atoms with van der Waals surface area (Å²) < 4.78 is 5.44. The molecule has 1 unspecified atom stereocenters. The SMILES string of the molecule is O=C1COCC2(CCNC2)N1Cc1ccc(O)cc1. The fourth-order valence-electron chi connectivity index (χ4n) is 2.87.